The van der Waals surface area contributed by atoms with Crippen molar-refractivity contribution in [1.82, 2.24) is 9.55 Å². The number of hydrogen-bond acceptors (Lipinski definition) is 0. The summed E-state index contributed by atoms with van der Waals surface area (Å²) in [5, 5.41) is 3.65. The van der Waals surface area contributed by atoms with Crippen LogP contribution in [0.5, 0.6) is 0 Å². The molecule has 2 heterocycles. The number of allylic oxidation sites excluding steroid dienone is 6. The summed E-state index contributed by atoms with van der Waals surface area (Å²) in [5.41, 5.74) is 6.82. The molecule has 0 saturated heterocycles. The molecule has 0 fully saturated rings. The average Bonchev–Trinajstić information content (AvgIpc) is 3.22. The second-order valence-corrected chi connectivity index (χ2v) is 6.72. The second-order valence-electron chi connectivity index (χ2n) is 6.72. The number of benzene rings is 2. The highest BCUT2D eigenvalue weighted by Crippen LogP contribution is 2.38. The first-order valence-electron chi connectivity index (χ1n) is 9.53. The van der Waals surface area contributed by atoms with Gasteiger partial charge in [0.1, 0.15) is 0 Å². The maximum absolute atomic E-state index is 4.03. The summed E-state index contributed by atoms with van der Waals surface area (Å²) in [6.45, 7) is 12.0. The van der Waals surface area contributed by atoms with Gasteiger partial charge in [-0.15, -0.1) is 0 Å². The quantitative estimate of drug-likeness (QED) is 0.353. The predicted molar refractivity (Wildman–Crippen MR) is 125 cm³/mol. The molecule has 0 spiro atoms. The number of H-pyrrole nitrogens is 1. The van der Waals surface area contributed by atoms with Crippen molar-refractivity contribution in [3.63, 3.8) is 0 Å². The molecule has 4 aromatic rings. The lowest BCUT2D eigenvalue weighted by Gasteiger charge is -2.08. The minimum Gasteiger partial charge on any atom is -0.354 e. The molecule has 0 saturated carbocycles. The Morgan fingerprint density at radius 2 is 1.79 bits per heavy atom. The molecule has 28 heavy (non-hydrogen) atoms. The molecule has 138 valence electrons. The molecule has 0 atom stereocenters. The second kappa shape index (κ2) is 7.24. The largest absolute Gasteiger partial charge is 0.354 e. The fourth-order valence-electron chi connectivity index (χ4n) is 4.05. The van der Waals surface area contributed by atoms with E-state index in [-0.39, 0.29) is 0 Å². The van der Waals surface area contributed by atoms with Gasteiger partial charge < -0.3 is 9.55 Å². The summed E-state index contributed by atoms with van der Waals surface area (Å²) in [6.07, 6.45) is 14.1. The van der Waals surface area contributed by atoms with Gasteiger partial charge in [0.25, 0.3) is 0 Å². The van der Waals surface area contributed by atoms with Crippen LogP contribution in [0.25, 0.3) is 50.6 Å². The van der Waals surface area contributed by atoms with Gasteiger partial charge in [-0.2, -0.15) is 0 Å². The van der Waals surface area contributed by atoms with Crippen molar-refractivity contribution in [2.24, 2.45) is 0 Å². The fraction of sp³-hybridized carbons (Fsp3) is 0.0769. The minimum absolute atomic E-state index is 1.09. The van der Waals surface area contributed by atoms with Gasteiger partial charge in [-0.1, -0.05) is 61.7 Å². The normalized spacial score (nSPS) is 12.9. The van der Waals surface area contributed by atoms with Crippen LogP contribution in [0.4, 0.5) is 0 Å². The zero-order chi connectivity index (χ0) is 19.7. The number of rotatable bonds is 5. The van der Waals surface area contributed by atoms with Crippen molar-refractivity contribution < 1.29 is 0 Å². The molecule has 2 aromatic heterocycles. The third-order valence-electron chi connectivity index (χ3n) is 5.10. The van der Waals surface area contributed by atoms with Gasteiger partial charge in [-0.25, -0.2) is 0 Å². The molecule has 1 N–H and O–H groups in total. The number of aromatic nitrogens is 2. The number of para-hydroxylation sites is 1. The Bertz CT molecular complexity index is 1300. The maximum atomic E-state index is 4.03. The Morgan fingerprint density at radius 1 is 0.964 bits per heavy atom. The van der Waals surface area contributed by atoms with Crippen LogP contribution in [-0.2, 0) is 0 Å². The predicted octanol–water partition coefficient (Wildman–Crippen LogP) is 7.55. The highest BCUT2D eigenvalue weighted by molar-refractivity contribution is 6.22. The molecule has 4 rings (SSSR count). The van der Waals surface area contributed by atoms with E-state index in [0.717, 1.165) is 22.5 Å². The van der Waals surface area contributed by atoms with Gasteiger partial charge in [0, 0.05) is 33.1 Å². The van der Waals surface area contributed by atoms with E-state index < -0.39 is 0 Å². The van der Waals surface area contributed by atoms with Crippen molar-refractivity contribution >= 4 is 50.6 Å². The van der Waals surface area contributed by atoms with Crippen LogP contribution in [0.15, 0.2) is 79.9 Å². The van der Waals surface area contributed by atoms with Crippen molar-refractivity contribution in [3.05, 3.63) is 91.2 Å². The molecule has 0 amide bonds. The summed E-state index contributed by atoms with van der Waals surface area (Å²) in [4.78, 5) is 3.64. The molecule has 2 aromatic carbocycles. The monoisotopic (exact) mass is 364 g/mol. The summed E-state index contributed by atoms with van der Waals surface area (Å²) in [5.74, 6) is 0. The van der Waals surface area contributed by atoms with Crippen LogP contribution >= 0.6 is 0 Å². The third kappa shape index (κ3) is 2.57. The van der Waals surface area contributed by atoms with Gasteiger partial charge in [-0.05, 0) is 44.2 Å². The van der Waals surface area contributed by atoms with Crippen molar-refractivity contribution in [3.8, 4) is 0 Å². The lowest BCUT2D eigenvalue weighted by atomic mass is 10.1. The first kappa shape index (κ1) is 17.9. The smallest absolute Gasteiger partial charge is 0.0566 e. The number of aromatic amines is 1. The molecule has 0 aliphatic heterocycles. The molecule has 0 radical (unpaired) electrons. The van der Waals surface area contributed by atoms with Crippen molar-refractivity contribution in [1.29, 1.82) is 0 Å². The van der Waals surface area contributed by atoms with E-state index in [0.29, 0.717) is 0 Å². The molecular formula is C26H24N2. The summed E-state index contributed by atoms with van der Waals surface area (Å²) >= 11 is 0. The molecule has 0 unspecified atom stereocenters. The number of hydrogen-bond donors (Lipinski definition) is 1. The molecule has 0 bridgehead atoms. The van der Waals surface area contributed by atoms with Crippen molar-refractivity contribution in [2.45, 2.75) is 13.8 Å². The Balaban J connectivity index is 2.24. The highest BCUT2D eigenvalue weighted by atomic mass is 15.0. The van der Waals surface area contributed by atoms with E-state index >= 15 is 0 Å². The first-order valence-corrected chi connectivity index (χ1v) is 9.53. The van der Waals surface area contributed by atoms with Gasteiger partial charge in [0.15, 0.2) is 0 Å². The molecule has 0 aliphatic rings. The van der Waals surface area contributed by atoms with Crippen LogP contribution in [-0.4, -0.2) is 9.55 Å². The third-order valence-corrected chi connectivity index (χ3v) is 5.10. The van der Waals surface area contributed by atoms with Gasteiger partial charge in [0.2, 0.25) is 0 Å². The number of nitrogens with one attached hydrogen (secondary N) is 1. The van der Waals surface area contributed by atoms with Crippen LogP contribution < -0.4 is 0 Å². The van der Waals surface area contributed by atoms with E-state index in [1.807, 2.05) is 32.1 Å². The Kier molecular flexibility index (Phi) is 4.62. The van der Waals surface area contributed by atoms with Gasteiger partial charge in [0.05, 0.1) is 16.6 Å². The van der Waals surface area contributed by atoms with Crippen LogP contribution in [0.1, 0.15) is 25.1 Å². The van der Waals surface area contributed by atoms with Crippen LogP contribution in [0, 0.1) is 0 Å². The SMILES string of the molecule is C=C/C=C(\C=C/C)n1c2ccccc2c2c3[nH]c(/C=C\C)c(C=C)c3ccc21. The summed E-state index contributed by atoms with van der Waals surface area (Å²) < 4.78 is 2.30. The summed E-state index contributed by atoms with van der Waals surface area (Å²) in [6, 6.07) is 12.9. The fourth-order valence-corrected chi connectivity index (χ4v) is 4.05. The minimum atomic E-state index is 1.09. The van der Waals surface area contributed by atoms with Crippen LogP contribution in [0.3, 0.4) is 0 Å². The lowest BCUT2D eigenvalue weighted by molar-refractivity contribution is 1.24. The van der Waals surface area contributed by atoms with E-state index in [1.165, 1.54) is 27.2 Å². The molecule has 2 heteroatoms. The van der Waals surface area contributed by atoms with E-state index in [9.17, 15) is 0 Å². The number of nitrogens with zero attached hydrogens (tertiary/aromatic N) is 1. The number of fused-ring (bicyclic) bond motifs is 5. The zero-order valence-corrected chi connectivity index (χ0v) is 16.4. The van der Waals surface area contributed by atoms with E-state index in [1.54, 1.807) is 0 Å². The van der Waals surface area contributed by atoms with Crippen molar-refractivity contribution in [2.75, 3.05) is 0 Å². The zero-order valence-electron chi connectivity index (χ0n) is 16.4. The molecular weight excluding hydrogens is 340 g/mol. The highest BCUT2D eigenvalue weighted by Gasteiger charge is 2.17. The Hall–Kier alpha value is -3.52. The molecule has 0 aliphatic carbocycles. The van der Waals surface area contributed by atoms with Gasteiger partial charge in [-0.3, -0.25) is 0 Å². The summed E-state index contributed by atoms with van der Waals surface area (Å²) in [7, 11) is 0. The Morgan fingerprint density at radius 3 is 2.50 bits per heavy atom. The van der Waals surface area contributed by atoms with Gasteiger partial charge >= 0.3 is 0 Å². The van der Waals surface area contributed by atoms with E-state index in [4.69, 9.17) is 0 Å². The first-order chi connectivity index (χ1) is 13.7. The lowest BCUT2D eigenvalue weighted by Crippen LogP contribution is -1.94. The Labute approximate surface area is 165 Å². The average molecular weight is 364 g/mol. The molecule has 2 nitrogen and oxygen atoms in total. The standard InChI is InChI=1S/C26H24N2/c1-5-11-18(12-6-2)28-23-15-10-9-14-21(23)25-24(28)17-16-20-19(8-4)22(13-7-3)27-26(20)25/h5-17,27H,1,4H2,2-3H3/b12-6-,13-7-,18-11+. The van der Waals surface area contributed by atoms with E-state index in [2.05, 4.69) is 83.4 Å². The van der Waals surface area contributed by atoms with Crippen LogP contribution in [0.2, 0.25) is 0 Å². The maximum Gasteiger partial charge on any atom is 0.0566 e. The topological polar surface area (TPSA) is 20.7 Å².